The first kappa shape index (κ1) is 65.8. The van der Waals surface area contributed by atoms with Crippen LogP contribution < -0.4 is 40.6 Å². The predicted octanol–water partition coefficient (Wildman–Crippen LogP) is 10.6. The van der Waals surface area contributed by atoms with Gasteiger partial charge < -0.3 is 48.8 Å². The van der Waals surface area contributed by atoms with Crippen LogP contribution in [0.25, 0.3) is 27.7 Å². The smallest absolute Gasteiger partial charge is 0.405 e. The Kier molecular flexibility index (Phi) is 21.6. The van der Waals surface area contributed by atoms with E-state index in [2.05, 4.69) is 50.9 Å². The molecule has 6 aromatic heterocycles. The number of hydrogen-bond acceptors (Lipinski definition) is 21. The summed E-state index contributed by atoms with van der Waals surface area (Å²) in [6.45, 7) is -3.80. The normalized spacial score (nSPS) is 13.2. The molecule has 89 heavy (non-hydrogen) atoms. The van der Waals surface area contributed by atoms with Crippen molar-refractivity contribution in [2.45, 2.75) is 51.8 Å². The number of carbonyl (C=O) groups is 3. The molecule has 0 saturated carbocycles. The number of alkyl halides is 9. The lowest BCUT2D eigenvalue weighted by atomic mass is 9.88. The first-order chi connectivity index (χ1) is 42.5. The summed E-state index contributed by atoms with van der Waals surface area (Å²) in [5, 5.41) is 14.0. The number of halogens is 9. The molecule has 9 aromatic rings. The van der Waals surface area contributed by atoms with E-state index >= 15 is 0 Å². The standard InChI is InChI=1S/C19H16F3N5O3.C19H14F3N5O3.C17H16F3N3O4.2CH4.H2/c2*1-29-14-4-2-11(3-5-14)15-16-12(6-23-18(26-16)24-10-19(20,21)22)8-27(17(15)28)13-7-25-30-9-13;1-26-12-5-3-10(4-6-12)13(15(25)27-2)14-11(8-24)7-21-16(23-14)22-9-17(18,19)20;;;/h2-7,9,15H,8,10H2,1H3,(H,23,24,26);2-9H,10H2,1H3,(H,24,26);3-8,13H,9H2,1-2H3,(H,21,22,23);2*1H4;1H/i;;;;;1+1D. The van der Waals surface area contributed by atoms with Gasteiger partial charge in [-0.3, -0.25) is 23.7 Å². The largest absolute Gasteiger partial charge is 0.497 e. The highest BCUT2D eigenvalue weighted by Crippen LogP contribution is 2.37. The number of benzene rings is 3. The zero-order valence-corrected chi connectivity index (χ0v) is 45.6. The van der Waals surface area contributed by atoms with Crippen LogP contribution in [0.4, 0.5) is 63.0 Å². The number of carbonyl (C=O) groups excluding carboxylic acids is 3. The van der Waals surface area contributed by atoms with Crippen molar-refractivity contribution in [1.82, 2.24) is 44.8 Å². The Labute approximate surface area is 502 Å². The maximum atomic E-state index is 13.3. The zero-order valence-electron chi connectivity index (χ0n) is 47.6. The number of pyridine rings is 1. The van der Waals surface area contributed by atoms with Gasteiger partial charge in [0.05, 0.1) is 75.4 Å². The van der Waals surface area contributed by atoms with Gasteiger partial charge in [0.2, 0.25) is 23.8 Å². The van der Waals surface area contributed by atoms with Gasteiger partial charge in [-0.15, -0.1) is 0 Å². The number of hydrogen-bond donors (Lipinski definition) is 3. The van der Waals surface area contributed by atoms with Crippen LogP contribution in [0, 0.1) is 0 Å². The molecule has 10 rings (SSSR count). The number of nitrogens with zero attached hydrogens (tertiary/aromatic N) is 10. The monoisotopic (exact) mass is 1260 g/mol. The summed E-state index contributed by atoms with van der Waals surface area (Å²) in [7, 11) is 5.66. The Hall–Kier alpha value is -10.7. The molecule has 1 aliphatic rings. The van der Waals surface area contributed by atoms with Crippen molar-refractivity contribution in [3.05, 3.63) is 166 Å². The summed E-state index contributed by atoms with van der Waals surface area (Å²) in [4.78, 5) is 75.7. The van der Waals surface area contributed by atoms with Crippen molar-refractivity contribution in [3.63, 3.8) is 0 Å². The number of rotatable bonds is 17. The van der Waals surface area contributed by atoms with E-state index in [1.807, 2.05) is 5.32 Å². The molecule has 0 aliphatic carbocycles. The van der Waals surface area contributed by atoms with E-state index in [1.54, 1.807) is 72.8 Å². The third kappa shape index (κ3) is 17.1. The zero-order chi connectivity index (χ0) is 64.6. The van der Waals surface area contributed by atoms with E-state index in [1.165, 1.54) is 74.3 Å². The summed E-state index contributed by atoms with van der Waals surface area (Å²) in [5.74, 6) is -2.09. The average molecular weight is 1260 g/mol. The van der Waals surface area contributed by atoms with Gasteiger partial charge in [-0.05, 0) is 53.1 Å². The molecule has 2 unspecified atom stereocenters. The molecule has 0 saturated heterocycles. The van der Waals surface area contributed by atoms with Gasteiger partial charge in [-0.2, -0.15) is 39.5 Å². The summed E-state index contributed by atoms with van der Waals surface area (Å²) in [6.07, 6.45) is -2.21. The van der Waals surface area contributed by atoms with Gasteiger partial charge in [-0.1, -0.05) is 61.6 Å². The second kappa shape index (κ2) is 29.1. The van der Waals surface area contributed by atoms with E-state index in [9.17, 15) is 58.7 Å². The Morgan fingerprint density at radius 3 is 1.67 bits per heavy atom. The maximum Gasteiger partial charge on any atom is 0.405 e. The minimum atomic E-state index is -4.48. The lowest BCUT2D eigenvalue weighted by Crippen LogP contribution is -2.40. The summed E-state index contributed by atoms with van der Waals surface area (Å²) in [6, 6.07) is 19.8. The lowest BCUT2D eigenvalue weighted by molar-refractivity contribution is -0.141. The van der Waals surface area contributed by atoms with Crippen molar-refractivity contribution >= 4 is 52.6 Å². The van der Waals surface area contributed by atoms with Crippen molar-refractivity contribution < 1.29 is 84.9 Å². The van der Waals surface area contributed by atoms with E-state index in [0.717, 1.165) is 13.3 Å². The molecule has 32 heteroatoms. The summed E-state index contributed by atoms with van der Waals surface area (Å²) in [5.41, 5.74) is 3.18. The van der Waals surface area contributed by atoms with Crippen LogP contribution in [0.1, 0.15) is 68.1 Å². The third-order valence-electron chi connectivity index (χ3n) is 12.5. The van der Waals surface area contributed by atoms with Gasteiger partial charge in [0.25, 0.3) is 5.56 Å². The van der Waals surface area contributed by atoms with Crippen LogP contribution in [0.15, 0.2) is 136 Å². The molecule has 0 spiro atoms. The number of amides is 1. The van der Waals surface area contributed by atoms with E-state index in [-0.39, 0.29) is 67.5 Å². The molecule has 472 valence electrons. The molecule has 3 N–H and O–H groups in total. The van der Waals surface area contributed by atoms with Crippen LogP contribution >= 0.6 is 0 Å². The number of esters is 1. The first-order valence-electron chi connectivity index (χ1n) is 26.1. The Bertz CT molecular complexity index is 3890. The Morgan fingerprint density at radius 2 is 1.17 bits per heavy atom. The summed E-state index contributed by atoms with van der Waals surface area (Å²) >= 11 is 0. The van der Waals surface area contributed by atoms with Crippen LogP contribution in [-0.4, -0.2) is 130 Å². The molecule has 23 nitrogen and oxygen atoms in total. The highest BCUT2D eigenvalue weighted by atomic mass is 19.4. The van der Waals surface area contributed by atoms with Gasteiger partial charge in [0.1, 0.15) is 72.6 Å². The molecule has 2 atom stereocenters. The topological polar surface area (TPSA) is 279 Å². The van der Waals surface area contributed by atoms with Gasteiger partial charge >= 0.3 is 24.5 Å². The van der Waals surface area contributed by atoms with Crippen molar-refractivity contribution in [2.24, 2.45) is 0 Å². The molecule has 1 aliphatic heterocycles. The van der Waals surface area contributed by atoms with E-state index in [0.29, 0.717) is 68.2 Å². The number of nitrogens with one attached hydrogen (secondary N) is 3. The molecule has 1 amide bonds. The highest BCUT2D eigenvalue weighted by molar-refractivity contribution is 6.01. The minimum Gasteiger partial charge on any atom is -0.497 e. The van der Waals surface area contributed by atoms with E-state index < -0.39 is 61.5 Å². The number of methoxy groups -OCH3 is 4. The molecular formula is C57H56F9N13O10. The molecular weight excluding hydrogens is 1200 g/mol. The second-order valence-corrected chi connectivity index (χ2v) is 18.2. The maximum absolute atomic E-state index is 13.3. The molecule has 0 bridgehead atoms. The number of aromatic nitrogens is 9. The Morgan fingerprint density at radius 1 is 0.674 bits per heavy atom. The van der Waals surface area contributed by atoms with Crippen LogP contribution in [-0.2, 0) is 20.9 Å². The average Bonchev–Trinajstić information content (AvgIpc) is 1.49. The van der Waals surface area contributed by atoms with Crippen LogP contribution in [0.3, 0.4) is 0 Å². The predicted molar refractivity (Wildman–Crippen MR) is 305 cm³/mol. The summed E-state index contributed by atoms with van der Waals surface area (Å²) < 4.78 is 154. The number of anilines is 4. The van der Waals surface area contributed by atoms with Crippen LogP contribution in [0.5, 0.6) is 17.2 Å². The molecule has 3 aromatic carbocycles. The van der Waals surface area contributed by atoms with Gasteiger partial charge in [-0.25, -0.2) is 29.9 Å². The second-order valence-electron chi connectivity index (χ2n) is 18.2. The first-order valence-corrected chi connectivity index (χ1v) is 25.1. The molecule has 0 fully saturated rings. The number of aldehydes is 1. The fourth-order valence-corrected chi connectivity index (χ4v) is 8.43. The Balaban J connectivity index is 0.000000242. The fourth-order valence-electron chi connectivity index (χ4n) is 8.43. The molecule has 0 radical (unpaired) electrons. The quantitative estimate of drug-likeness (QED) is 0.0434. The number of ether oxygens (including phenoxy) is 4. The highest BCUT2D eigenvalue weighted by Gasteiger charge is 2.38. The van der Waals surface area contributed by atoms with Crippen molar-refractivity contribution in [2.75, 3.05) is 68.9 Å². The third-order valence-corrected chi connectivity index (χ3v) is 12.5. The SMILES string of the molecule is C.C.COC(=O)C(c1ccc(OC)cc1)c1nc(NCC(F)(F)F)ncc1C=O.COc1ccc(-c2c(=O)n(-c3cnoc3)cc3cnc(NCC(F)(F)F)nc23)cc1.COc1ccc(C2C(=O)N(c3cnoc3)Cc3cnc(NCC(F)(F)F)nc32)cc1.[2H][2H]. The molecule has 7 heterocycles. The van der Waals surface area contributed by atoms with Crippen molar-refractivity contribution in [3.8, 4) is 34.1 Å². The van der Waals surface area contributed by atoms with Gasteiger partial charge in [0.15, 0.2) is 6.29 Å². The lowest BCUT2D eigenvalue weighted by Gasteiger charge is -2.32. The van der Waals surface area contributed by atoms with Crippen molar-refractivity contribution in [1.29, 1.82) is 0 Å². The fraction of sp³-hybridized carbons (Fsp3) is 0.263. The van der Waals surface area contributed by atoms with Crippen LogP contribution in [0.2, 0.25) is 0 Å². The van der Waals surface area contributed by atoms with Gasteiger partial charge in [0, 0.05) is 38.7 Å². The number of fused-ring (bicyclic) bond motifs is 2. The minimum absolute atomic E-state index is 0. The van der Waals surface area contributed by atoms with E-state index in [4.69, 9.17) is 31.0 Å².